The van der Waals surface area contributed by atoms with Gasteiger partial charge in [0.1, 0.15) is 5.70 Å². The van der Waals surface area contributed by atoms with Gasteiger partial charge in [-0.1, -0.05) is 19.3 Å². The SMILES string of the molecule is CC(N=[N+]([O-])C(=O)CC1CCCCC1)=C1C=CNC=C1. The molecule has 5 heteroatoms. The van der Waals surface area contributed by atoms with E-state index in [1.54, 1.807) is 19.3 Å². The molecule has 0 aromatic rings. The smallest absolute Gasteiger partial charge is 0.423 e. The molecule has 1 fully saturated rings. The van der Waals surface area contributed by atoms with Crippen molar-refractivity contribution in [2.45, 2.75) is 45.4 Å². The molecule has 1 aliphatic heterocycles. The standard InChI is InChI=1S/C15H21N3O2/c1-12(14-7-9-16-10-8-14)17-18(20)15(19)11-13-5-3-2-4-6-13/h7-10,13,16H,2-6,11H2,1H3. The maximum absolute atomic E-state index is 11.9. The summed E-state index contributed by atoms with van der Waals surface area (Å²) in [4.78, 5) is 12.1. The van der Waals surface area contributed by atoms with E-state index in [1.165, 1.54) is 19.3 Å². The monoisotopic (exact) mass is 275 g/mol. The number of hydrogen-bond donors (Lipinski definition) is 1. The van der Waals surface area contributed by atoms with Crippen molar-refractivity contribution < 1.29 is 9.66 Å². The second-order valence-corrected chi connectivity index (χ2v) is 5.35. The largest absolute Gasteiger partial charge is 0.592 e. The number of hydrogen-bond acceptors (Lipinski definition) is 4. The van der Waals surface area contributed by atoms with Crippen molar-refractivity contribution in [1.29, 1.82) is 0 Å². The highest BCUT2D eigenvalue weighted by Crippen LogP contribution is 2.26. The van der Waals surface area contributed by atoms with E-state index in [0.717, 1.165) is 18.4 Å². The molecular formula is C15H21N3O2. The Morgan fingerprint density at radius 2 is 2.00 bits per heavy atom. The number of rotatable bonds is 3. The van der Waals surface area contributed by atoms with Gasteiger partial charge in [0, 0.05) is 23.1 Å². The van der Waals surface area contributed by atoms with Crippen molar-refractivity contribution in [3.05, 3.63) is 41.0 Å². The van der Waals surface area contributed by atoms with E-state index in [4.69, 9.17) is 0 Å². The van der Waals surface area contributed by atoms with Crippen LogP contribution in [0.3, 0.4) is 0 Å². The van der Waals surface area contributed by atoms with E-state index >= 15 is 0 Å². The van der Waals surface area contributed by atoms with Crippen LogP contribution in [0.4, 0.5) is 0 Å². The van der Waals surface area contributed by atoms with Gasteiger partial charge in [0.05, 0.1) is 6.42 Å². The highest BCUT2D eigenvalue weighted by Gasteiger charge is 2.22. The van der Waals surface area contributed by atoms with Gasteiger partial charge >= 0.3 is 5.91 Å². The Kier molecular flexibility index (Phi) is 5.09. The lowest BCUT2D eigenvalue weighted by atomic mass is 9.87. The predicted octanol–water partition coefficient (Wildman–Crippen LogP) is 3.35. The Balaban J connectivity index is 1.98. The van der Waals surface area contributed by atoms with Crippen molar-refractivity contribution in [3.8, 4) is 0 Å². The van der Waals surface area contributed by atoms with Gasteiger partial charge in [0.15, 0.2) is 0 Å². The lowest BCUT2D eigenvalue weighted by Gasteiger charge is -2.19. The average Bonchev–Trinajstić information content (AvgIpc) is 2.49. The highest BCUT2D eigenvalue weighted by atomic mass is 16.5. The van der Waals surface area contributed by atoms with Gasteiger partial charge in [0.25, 0.3) is 0 Å². The number of carbonyl (C=O) groups is 1. The lowest BCUT2D eigenvalue weighted by Crippen LogP contribution is -2.19. The van der Waals surface area contributed by atoms with Crippen LogP contribution in [-0.2, 0) is 4.79 Å². The number of nitrogens with one attached hydrogen (secondary N) is 1. The Morgan fingerprint density at radius 1 is 1.35 bits per heavy atom. The summed E-state index contributed by atoms with van der Waals surface area (Å²) in [5, 5.41) is 18.5. The summed E-state index contributed by atoms with van der Waals surface area (Å²) in [5.41, 5.74) is 1.38. The number of dihydropyridines is 1. The van der Waals surface area contributed by atoms with E-state index in [0.29, 0.717) is 18.0 Å². The van der Waals surface area contributed by atoms with Crippen molar-refractivity contribution >= 4 is 5.91 Å². The van der Waals surface area contributed by atoms with Gasteiger partial charge in [-0.25, -0.2) is 4.79 Å². The second-order valence-electron chi connectivity index (χ2n) is 5.35. The van der Waals surface area contributed by atoms with Crippen molar-refractivity contribution in [2.75, 3.05) is 0 Å². The minimum absolute atomic E-state index is 0.251. The molecule has 0 atom stereocenters. The summed E-state index contributed by atoms with van der Waals surface area (Å²) >= 11 is 0. The van der Waals surface area contributed by atoms with Crippen molar-refractivity contribution in [1.82, 2.24) is 5.32 Å². The fraction of sp³-hybridized carbons (Fsp3) is 0.533. The third kappa shape index (κ3) is 4.05. The van der Waals surface area contributed by atoms with Crippen LogP contribution in [0, 0.1) is 11.1 Å². The molecule has 1 N–H and O–H groups in total. The molecule has 2 rings (SSSR count). The Bertz CT molecular complexity index is 469. The molecule has 1 amide bonds. The van der Waals surface area contributed by atoms with Crippen LogP contribution < -0.4 is 5.32 Å². The number of carbonyl (C=O) groups excluding carboxylic acids is 1. The minimum atomic E-state index is -0.432. The molecule has 5 nitrogen and oxygen atoms in total. The van der Waals surface area contributed by atoms with Crippen LogP contribution in [-0.4, -0.2) is 10.8 Å². The predicted molar refractivity (Wildman–Crippen MR) is 76.4 cm³/mol. The van der Waals surface area contributed by atoms with Crippen LogP contribution in [0.25, 0.3) is 0 Å². The molecule has 20 heavy (non-hydrogen) atoms. The van der Waals surface area contributed by atoms with Crippen LogP contribution in [0.1, 0.15) is 45.4 Å². The summed E-state index contributed by atoms with van der Waals surface area (Å²) in [6.45, 7) is 1.73. The maximum Gasteiger partial charge on any atom is 0.423 e. The molecule has 0 unspecified atom stereocenters. The van der Waals surface area contributed by atoms with Crippen LogP contribution in [0.15, 0.2) is 40.9 Å². The molecule has 0 radical (unpaired) electrons. The molecule has 2 aliphatic rings. The molecule has 0 saturated heterocycles. The van der Waals surface area contributed by atoms with Crippen LogP contribution in [0.2, 0.25) is 0 Å². The number of hydroxylamine groups is 1. The molecule has 108 valence electrons. The lowest BCUT2D eigenvalue weighted by molar-refractivity contribution is -0.448. The van der Waals surface area contributed by atoms with Crippen molar-refractivity contribution in [2.24, 2.45) is 11.0 Å². The minimum Gasteiger partial charge on any atom is -0.592 e. The topological polar surface area (TPSA) is 67.5 Å². The van der Waals surface area contributed by atoms with E-state index < -0.39 is 5.91 Å². The fourth-order valence-electron chi connectivity index (χ4n) is 2.59. The molecule has 0 spiro atoms. The van der Waals surface area contributed by atoms with E-state index in [9.17, 15) is 10.0 Å². The highest BCUT2D eigenvalue weighted by molar-refractivity contribution is 5.67. The third-order valence-corrected chi connectivity index (χ3v) is 3.78. The Hall–Kier alpha value is -1.91. The van der Waals surface area contributed by atoms with Gasteiger partial charge in [0.2, 0.25) is 0 Å². The number of nitrogens with zero attached hydrogens (tertiary/aromatic N) is 2. The first-order valence-corrected chi connectivity index (χ1v) is 7.18. The van der Waals surface area contributed by atoms with E-state index in [1.807, 2.05) is 12.2 Å². The van der Waals surface area contributed by atoms with Crippen molar-refractivity contribution in [3.63, 3.8) is 0 Å². The summed E-state index contributed by atoms with van der Waals surface area (Å²) in [7, 11) is 0. The van der Waals surface area contributed by atoms with Gasteiger partial charge < -0.3 is 10.5 Å². The second kappa shape index (κ2) is 7.03. The molecule has 0 bridgehead atoms. The summed E-state index contributed by atoms with van der Waals surface area (Å²) in [6, 6.07) is 0. The zero-order valence-corrected chi connectivity index (χ0v) is 11.8. The molecule has 0 aromatic heterocycles. The van der Waals surface area contributed by atoms with E-state index in [-0.39, 0.29) is 4.86 Å². The maximum atomic E-state index is 11.9. The number of azo groups is 1. The Morgan fingerprint density at radius 3 is 2.65 bits per heavy atom. The number of allylic oxidation sites excluding steroid dienone is 4. The van der Waals surface area contributed by atoms with Gasteiger partial charge in [-0.15, -0.1) is 0 Å². The first-order chi connectivity index (χ1) is 9.66. The van der Waals surface area contributed by atoms with Crippen LogP contribution in [0.5, 0.6) is 0 Å². The Labute approximate surface area is 119 Å². The molecular weight excluding hydrogens is 254 g/mol. The van der Waals surface area contributed by atoms with Gasteiger partial charge in [-0.2, -0.15) is 0 Å². The summed E-state index contributed by atoms with van der Waals surface area (Å²) in [5.74, 6) is -0.0757. The quantitative estimate of drug-likeness (QED) is 0.488. The average molecular weight is 275 g/mol. The molecule has 0 aromatic carbocycles. The van der Waals surface area contributed by atoms with Crippen LogP contribution >= 0.6 is 0 Å². The first-order valence-electron chi connectivity index (χ1n) is 7.18. The summed E-state index contributed by atoms with van der Waals surface area (Å²) < 4.78 is 0. The normalized spacial score (nSPS) is 19.9. The van der Waals surface area contributed by atoms with Gasteiger partial charge in [-0.3, -0.25) is 0 Å². The molecule has 1 aliphatic carbocycles. The molecule has 1 saturated carbocycles. The fourth-order valence-corrected chi connectivity index (χ4v) is 2.59. The number of amides is 1. The van der Waals surface area contributed by atoms with Gasteiger partial charge in [-0.05, 0) is 42.7 Å². The zero-order chi connectivity index (χ0) is 14.4. The summed E-state index contributed by atoms with van der Waals surface area (Å²) in [6.07, 6.45) is 13.2. The van der Waals surface area contributed by atoms with E-state index in [2.05, 4.69) is 10.4 Å². The zero-order valence-electron chi connectivity index (χ0n) is 11.8. The first kappa shape index (κ1) is 14.5. The molecule has 1 heterocycles. The third-order valence-electron chi connectivity index (χ3n) is 3.78.